The Labute approximate surface area is 170 Å². The Morgan fingerprint density at radius 1 is 1.03 bits per heavy atom. The second kappa shape index (κ2) is 9.23. The fourth-order valence-electron chi connectivity index (χ4n) is 3.51. The molecule has 2 aromatic heterocycles. The summed E-state index contributed by atoms with van der Waals surface area (Å²) in [6, 6.07) is 13.2. The van der Waals surface area contributed by atoms with Gasteiger partial charge in [-0.05, 0) is 48.7 Å². The van der Waals surface area contributed by atoms with Gasteiger partial charge in [0.05, 0.1) is 5.69 Å². The van der Waals surface area contributed by atoms with E-state index >= 15 is 0 Å². The van der Waals surface area contributed by atoms with Crippen LogP contribution in [0.5, 0.6) is 0 Å². The van der Waals surface area contributed by atoms with Gasteiger partial charge in [0, 0.05) is 43.9 Å². The molecule has 0 bridgehead atoms. The maximum absolute atomic E-state index is 12.3. The summed E-state index contributed by atoms with van der Waals surface area (Å²) in [5.74, 6) is 1.02. The van der Waals surface area contributed by atoms with E-state index in [1.807, 2.05) is 54.9 Å². The lowest BCUT2D eigenvalue weighted by Crippen LogP contribution is -2.28. The summed E-state index contributed by atoms with van der Waals surface area (Å²) in [6.45, 7) is 2.58. The number of nitrogens with zero attached hydrogens (tertiary/aromatic N) is 4. The average molecular weight is 390 g/mol. The van der Waals surface area contributed by atoms with Gasteiger partial charge in [-0.2, -0.15) is 5.10 Å². The van der Waals surface area contributed by atoms with Crippen LogP contribution in [-0.4, -0.2) is 33.9 Å². The summed E-state index contributed by atoms with van der Waals surface area (Å²) >= 11 is 0. The van der Waals surface area contributed by atoms with E-state index in [1.54, 1.807) is 10.9 Å². The second-order valence-corrected chi connectivity index (χ2v) is 7.23. The van der Waals surface area contributed by atoms with Gasteiger partial charge in [-0.15, -0.1) is 0 Å². The largest absolute Gasteiger partial charge is 0.357 e. The van der Waals surface area contributed by atoms with Gasteiger partial charge in [0.1, 0.15) is 5.82 Å². The first-order valence-corrected chi connectivity index (χ1v) is 10.1. The lowest BCUT2D eigenvalue weighted by Gasteiger charge is -2.21. The fraction of sp³-hybridized carbons (Fsp3) is 0.318. The first-order valence-electron chi connectivity index (χ1n) is 10.1. The average Bonchev–Trinajstić information content (AvgIpc) is 3.16. The molecule has 1 aliphatic rings. The predicted octanol–water partition coefficient (Wildman–Crippen LogP) is 3.97. The van der Waals surface area contributed by atoms with E-state index in [0.29, 0.717) is 12.2 Å². The molecule has 2 amide bonds. The topological polar surface area (TPSA) is 75.1 Å². The van der Waals surface area contributed by atoms with Crippen LogP contribution in [0.4, 0.5) is 16.3 Å². The molecule has 29 heavy (non-hydrogen) atoms. The molecule has 0 saturated carbocycles. The van der Waals surface area contributed by atoms with Crippen molar-refractivity contribution in [1.82, 2.24) is 20.1 Å². The number of carbonyl (C=O) groups is 1. The molecule has 7 nitrogen and oxygen atoms in total. The highest BCUT2D eigenvalue weighted by Crippen LogP contribution is 2.17. The number of benzene rings is 1. The zero-order valence-corrected chi connectivity index (χ0v) is 16.4. The highest BCUT2D eigenvalue weighted by molar-refractivity contribution is 5.89. The standard InChI is InChI=1S/C22H26N6O/c29-22(26-19-7-5-8-20(15-19)28-14-6-11-25-28)24-17-18-9-10-21(23-16-18)27-12-3-1-2-4-13-27/h5-11,14-16H,1-4,12-13,17H2,(H2,24,26,29). The molecule has 7 heteroatoms. The van der Waals surface area contributed by atoms with E-state index < -0.39 is 0 Å². The molecule has 1 fully saturated rings. The van der Waals surface area contributed by atoms with Crippen molar-refractivity contribution in [2.45, 2.75) is 32.2 Å². The molecule has 2 N–H and O–H groups in total. The molecule has 1 saturated heterocycles. The Balaban J connectivity index is 1.30. The van der Waals surface area contributed by atoms with Crippen LogP contribution >= 0.6 is 0 Å². The van der Waals surface area contributed by atoms with Gasteiger partial charge in [0.2, 0.25) is 0 Å². The monoisotopic (exact) mass is 390 g/mol. The summed E-state index contributed by atoms with van der Waals surface area (Å²) in [5.41, 5.74) is 2.58. The number of urea groups is 1. The number of pyridine rings is 1. The highest BCUT2D eigenvalue weighted by Gasteiger charge is 2.11. The van der Waals surface area contributed by atoms with Crippen LogP contribution in [0, 0.1) is 0 Å². The number of aromatic nitrogens is 3. The summed E-state index contributed by atoms with van der Waals surface area (Å²) < 4.78 is 1.75. The molecule has 1 aromatic carbocycles. The zero-order chi connectivity index (χ0) is 19.9. The van der Waals surface area contributed by atoms with Gasteiger partial charge >= 0.3 is 6.03 Å². The summed E-state index contributed by atoms with van der Waals surface area (Å²) in [5, 5.41) is 9.96. The van der Waals surface area contributed by atoms with Crippen molar-refractivity contribution < 1.29 is 4.79 Å². The first-order chi connectivity index (χ1) is 14.3. The Bertz CT molecular complexity index is 915. The van der Waals surface area contributed by atoms with E-state index in [1.165, 1.54) is 25.7 Å². The maximum Gasteiger partial charge on any atom is 0.319 e. The number of hydrogen-bond acceptors (Lipinski definition) is 4. The van der Waals surface area contributed by atoms with Crippen molar-refractivity contribution in [1.29, 1.82) is 0 Å². The van der Waals surface area contributed by atoms with Gasteiger partial charge in [-0.1, -0.05) is 25.0 Å². The number of hydrogen-bond donors (Lipinski definition) is 2. The quantitative estimate of drug-likeness (QED) is 0.691. The van der Waals surface area contributed by atoms with Crippen molar-refractivity contribution in [2.75, 3.05) is 23.3 Å². The Hall–Kier alpha value is -3.35. The highest BCUT2D eigenvalue weighted by atomic mass is 16.2. The SMILES string of the molecule is O=C(NCc1ccc(N2CCCCCC2)nc1)Nc1cccc(-n2cccn2)c1. The van der Waals surface area contributed by atoms with Gasteiger partial charge in [0.25, 0.3) is 0 Å². The van der Waals surface area contributed by atoms with Crippen molar-refractivity contribution in [2.24, 2.45) is 0 Å². The third-order valence-electron chi connectivity index (χ3n) is 5.07. The second-order valence-electron chi connectivity index (χ2n) is 7.23. The van der Waals surface area contributed by atoms with Gasteiger partial charge < -0.3 is 15.5 Å². The van der Waals surface area contributed by atoms with Crippen LogP contribution in [0.3, 0.4) is 0 Å². The third kappa shape index (κ3) is 5.13. The Morgan fingerprint density at radius 2 is 1.90 bits per heavy atom. The molecular weight excluding hydrogens is 364 g/mol. The van der Waals surface area contributed by atoms with Crippen molar-refractivity contribution in [3.05, 3.63) is 66.6 Å². The zero-order valence-electron chi connectivity index (χ0n) is 16.4. The number of rotatable bonds is 5. The molecule has 150 valence electrons. The Morgan fingerprint density at radius 3 is 2.62 bits per heavy atom. The van der Waals surface area contributed by atoms with Crippen LogP contribution in [-0.2, 0) is 6.54 Å². The van der Waals surface area contributed by atoms with Crippen LogP contribution in [0.25, 0.3) is 5.69 Å². The molecule has 0 radical (unpaired) electrons. The molecule has 3 heterocycles. The minimum absolute atomic E-state index is 0.251. The lowest BCUT2D eigenvalue weighted by molar-refractivity contribution is 0.251. The fourth-order valence-corrected chi connectivity index (χ4v) is 3.51. The van der Waals surface area contributed by atoms with E-state index in [-0.39, 0.29) is 6.03 Å². The number of nitrogens with one attached hydrogen (secondary N) is 2. The van der Waals surface area contributed by atoms with Crippen molar-refractivity contribution in [3.8, 4) is 5.69 Å². The lowest BCUT2D eigenvalue weighted by atomic mass is 10.2. The van der Waals surface area contributed by atoms with E-state index in [4.69, 9.17) is 0 Å². The van der Waals surface area contributed by atoms with Gasteiger partial charge in [0.15, 0.2) is 0 Å². The minimum atomic E-state index is -0.251. The predicted molar refractivity (Wildman–Crippen MR) is 114 cm³/mol. The Kier molecular flexibility index (Phi) is 6.04. The van der Waals surface area contributed by atoms with E-state index in [0.717, 1.165) is 30.2 Å². The van der Waals surface area contributed by atoms with Crippen LogP contribution in [0.1, 0.15) is 31.2 Å². The molecule has 4 rings (SSSR count). The normalized spacial score (nSPS) is 14.3. The van der Waals surface area contributed by atoms with Crippen molar-refractivity contribution in [3.63, 3.8) is 0 Å². The van der Waals surface area contributed by atoms with Crippen LogP contribution in [0.2, 0.25) is 0 Å². The number of amides is 2. The smallest absolute Gasteiger partial charge is 0.319 e. The minimum Gasteiger partial charge on any atom is -0.357 e. The molecular formula is C22H26N6O. The van der Waals surface area contributed by atoms with Gasteiger partial charge in [-0.3, -0.25) is 0 Å². The summed E-state index contributed by atoms with van der Waals surface area (Å²) in [7, 11) is 0. The maximum atomic E-state index is 12.3. The van der Waals surface area contributed by atoms with Crippen molar-refractivity contribution >= 4 is 17.5 Å². The molecule has 0 spiro atoms. The summed E-state index contributed by atoms with van der Waals surface area (Å²) in [4.78, 5) is 19.2. The van der Waals surface area contributed by atoms with Crippen LogP contribution in [0.15, 0.2) is 61.1 Å². The van der Waals surface area contributed by atoms with E-state index in [9.17, 15) is 4.79 Å². The van der Waals surface area contributed by atoms with E-state index in [2.05, 4.69) is 25.6 Å². The third-order valence-corrected chi connectivity index (χ3v) is 5.07. The summed E-state index contributed by atoms with van der Waals surface area (Å²) in [6.07, 6.45) is 10.5. The molecule has 0 atom stereocenters. The molecule has 3 aromatic rings. The first kappa shape index (κ1) is 19.0. The molecule has 0 unspecified atom stereocenters. The molecule has 1 aliphatic heterocycles. The molecule has 0 aliphatic carbocycles. The van der Waals surface area contributed by atoms with Crippen LogP contribution < -0.4 is 15.5 Å². The number of anilines is 2. The number of carbonyl (C=O) groups excluding carboxylic acids is 1. The van der Waals surface area contributed by atoms with Gasteiger partial charge in [-0.25, -0.2) is 14.5 Å².